The van der Waals surface area contributed by atoms with Crippen LogP contribution in [0, 0.1) is 11.8 Å². The van der Waals surface area contributed by atoms with E-state index in [9.17, 15) is 112 Å². The Morgan fingerprint density at radius 2 is 0.810 bits per heavy atom. The standard InChI is InChI=1S/C95H134N24O28/c1-5-49(4)79(118-80(131)57(99)38-75(123)124)93(144)114-66(36-52-44-103-59-20-9-7-18-56(52)59)87(138)110-65(35-51-43-102-58-19-8-6-17-55(51)58)86(137)112-69(41-77(127)128)90(141)113-68(40-76(125)126)89(140)107-60(21-10-13-29-96)81(132)105-61(22-11-14-30-97)82(133)111-67(37-53-45-101-47-104-53)88(139)109-64(34-50-25-27-54(121)28-26-50)85(136)115-70(39-74(100)122)94(145)119-32-16-24-73(119)92(143)117-72(46-120)91(142)108-63(33-48(2)3)84(135)106-62(23-12-15-31-98)83(134)116-71(95(146)147)42-78(129)130/h6-9,17-20,25-28,43-45,47-49,57,60-73,79,102-103,120-121H,5,10-16,21-24,29-42,46,96-99H2,1-4H3,(H2,100,122)(H,101,104)(H,105,132)(H,106,135)(H,107,140)(H,108,142)(H,109,139)(H,110,138)(H,111,133)(H,112,137)(H,113,141)(H,114,144)(H,115,136)(H,116,134)(H,117,143)(H,118,131)(H,123,124)(H,125,126)(H,127,128)(H,129,130)(H,146,147)/t49-,57-,60-,61-,62-,63-,64-,65-,66-,67-,68-,69-,70-,71-,72-,73-,79-/m0/s1. The molecular formula is C95H134N24O28. The number of hydrogen-bond donors (Lipinski definition) is 29. The monoisotopic (exact) mass is 2060 g/mol. The topological polar surface area (TPSA) is 862 Å². The predicted octanol–water partition coefficient (Wildman–Crippen LogP) is -5.22. The number of aromatic nitrogens is 4. The van der Waals surface area contributed by atoms with Crippen molar-refractivity contribution in [3.8, 4) is 5.75 Å². The fraction of sp³-hybridized carbons (Fsp3) is 0.516. The van der Waals surface area contributed by atoms with Crippen LogP contribution in [0.2, 0.25) is 0 Å². The number of fused-ring (bicyclic) bond motifs is 2. The minimum absolute atomic E-state index is 0.0229. The fourth-order valence-electron chi connectivity index (χ4n) is 16.4. The average molecular weight is 2060 g/mol. The van der Waals surface area contributed by atoms with Crippen LogP contribution in [0.5, 0.6) is 5.75 Å². The van der Waals surface area contributed by atoms with E-state index in [1.165, 1.54) is 43.0 Å². The number of H-pyrrole nitrogens is 3. The summed E-state index contributed by atoms with van der Waals surface area (Å²) in [7, 11) is 0. The Kier molecular flexibility index (Phi) is 47.5. The van der Waals surface area contributed by atoms with Crippen LogP contribution >= 0.6 is 0 Å². The Morgan fingerprint density at radius 1 is 0.422 bits per heavy atom. The van der Waals surface area contributed by atoms with Gasteiger partial charge in [0.25, 0.3) is 0 Å². The van der Waals surface area contributed by atoms with Gasteiger partial charge in [-0.25, -0.2) is 9.78 Å². The molecule has 52 nitrogen and oxygen atoms in total. The zero-order valence-electron chi connectivity index (χ0n) is 81.7. The van der Waals surface area contributed by atoms with Crippen molar-refractivity contribution in [2.45, 2.75) is 266 Å². The molecule has 4 heterocycles. The quantitative estimate of drug-likeness (QED) is 0.0159. The molecule has 3 aromatic carbocycles. The van der Waals surface area contributed by atoms with Crippen LogP contribution in [0.4, 0.5) is 0 Å². The second kappa shape index (κ2) is 59.0. The molecule has 1 aliphatic heterocycles. The van der Waals surface area contributed by atoms with E-state index in [1.54, 1.807) is 82.4 Å². The van der Waals surface area contributed by atoms with E-state index in [-0.39, 0.29) is 133 Å². The number of unbranched alkanes of at least 4 members (excludes halogenated alkanes) is 3. The summed E-state index contributed by atoms with van der Waals surface area (Å²) in [6.45, 7) is 5.51. The number of aliphatic carboxylic acids is 5. The van der Waals surface area contributed by atoms with Gasteiger partial charge in [0.15, 0.2) is 0 Å². The summed E-state index contributed by atoms with van der Waals surface area (Å²) in [5.74, 6) is -27.6. The number of nitrogens with two attached hydrogens (primary N) is 5. The molecule has 52 heteroatoms. The summed E-state index contributed by atoms with van der Waals surface area (Å²) in [5, 5.41) is 105. The predicted molar refractivity (Wildman–Crippen MR) is 523 cm³/mol. The number of rotatable bonds is 65. The zero-order valence-corrected chi connectivity index (χ0v) is 81.7. The largest absolute Gasteiger partial charge is 0.508 e. The SMILES string of the molecule is CC[C@H](C)[C@H](NC(=O)[C@@H](N)CC(=O)O)C(=O)N[C@@H](Cc1c[nH]c2ccccc12)C(=O)N[C@@H](Cc1c[nH]c2ccccc12)C(=O)N[C@@H](CC(=O)O)C(=O)N[C@@H](CC(=O)O)C(=O)N[C@@H](CCCCN)C(=O)N[C@@H](CCCCN)C(=O)N[C@@H](Cc1cnc[nH]1)C(=O)N[C@@H](Cc1ccc(O)cc1)C(=O)N[C@@H](CC(N)=O)C(=O)N1CCC[C@H]1C(=O)N[C@@H](CO)C(=O)N[C@@H](CC(C)C)C(=O)N[C@@H](CCCCN)C(=O)N[C@@H](CC(=O)O)C(=O)O. The van der Waals surface area contributed by atoms with Crippen molar-refractivity contribution in [1.29, 1.82) is 0 Å². The zero-order chi connectivity index (χ0) is 108. The molecule has 7 rings (SSSR count). The van der Waals surface area contributed by atoms with Gasteiger partial charge in [-0.15, -0.1) is 0 Å². The van der Waals surface area contributed by atoms with Crippen LogP contribution in [0.25, 0.3) is 21.8 Å². The maximum atomic E-state index is 15.2. The van der Waals surface area contributed by atoms with Crippen molar-refractivity contribution < 1.29 is 136 Å². The lowest BCUT2D eigenvalue weighted by atomic mass is 9.96. The lowest BCUT2D eigenvalue weighted by Crippen LogP contribution is -2.62. The first-order valence-electron chi connectivity index (χ1n) is 48.1. The van der Waals surface area contributed by atoms with Gasteiger partial charge in [-0.05, 0) is 149 Å². The number of nitrogens with one attached hydrogen (secondary N) is 17. The van der Waals surface area contributed by atoms with Crippen molar-refractivity contribution in [3.63, 3.8) is 0 Å². The number of primary amides is 1. The van der Waals surface area contributed by atoms with Crippen molar-refractivity contribution in [1.82, 2.24) is 99.3 Å². The van der Waals surface area contributed by atoms with E-state index >= 15 is 24.0 Å². The van der Waals surface area contributed by atoms with Crippen molar-refractivity contribution >= 4 is 146 Å². The number of aromatic amines is 3. The number of amides is 16. The van der Waals surface area contributed by atoms with Crippen LogP contribution in [0.15, 0.2) is 97.7 Å². The molecule has 34 N–H and O–H groups in total. The summed E-state index contributed by atoms with van der Waals surface area (Å²) < 4.78 is 0. The maximum absolute atomic E-state index is 15.2. The molecule has 1 saturated heterocycles. The molecular weight excluding hydrogens is 1930 g/mol. The number of likely N-dealkylation sites (tertiary alicyclic amines) is 1. The number of carboxylic acids is 5. The highest BCUT2D eigenvalue weighted by Crippen LogP contribution is 2.26. The Morgan fingerprint density at radius 3 is 1.23 bits per heavy atom. The minimum Gasteiger partial charge on any atom is -0.508 e. The molecule has 147 heavy (non-hydrogen) atoms. The smallest absolute Gasteiger partial charge is 0.326 e. The molecule has 1 aliphatic rings. The summed E-state index contributed by atoms with van der Waals surface area (Å²) in [5.41, 5.74) is 31.5. The molecule has 3 aromatic heterocycles. The number of phenolic OH excluding ortho intramolecular Hbond substituents is 1. The number of carbonyl (C=O) groups excluding carboxylic acids is 16. The van der Waals surface area contributed by atoms with Crippen LogP contribution in [-0.4, -0.2) is 314 Å². The number of aliphatic hydroxyl groups is 1. The summed E-state index contributed by atoms with van der Waals surface area (Å²) in [4.78, 5) is 306. The molecule has 0 saturated carbocycles. The molecule has 802 valence electrons. The first-order chi connectivity index (χ1) is 69.8. The van der Waals surface area contributed by atoms with Crippen molar-refractivity contribution in [3.05, 3.63) is 120 Å². The van der Waals surface area contributed by atoms with E-state index in [1.807, 2.05) is 0 Å². The van der Waals surface area contributed by atoms with E-state index in [2.05, 4.69) is 94.4 Å². The van der Waals surface area contributed by atoms with Gasteiger partial charge in [-0.2, -0.15) is 0 Å². The highest BCUT2D eigenvalue weighted by molar-refractivity contribution is 6.03. The van der Waals surface area contributed by atoms with E-state index in [4.69, 9.17) is 28.7 Å². The third-order valence-corrected chi connectivity index (χ3v) is 24.4. The molecule has 0 unspecified atom stereocenters. The van der Waals surface area contributed by atoms with Gasteiger partial charge in [0.1, 0.15) is 96.4 Å². The fourth-order valence-corrected chi connectivity index (χ4v) is 16.4. The van der Waals surface area contributed by atoms with Gasteiger partial charge in [0.2, 0.25) is 94.5 Å². The first kappa shape index (κ1) is 118. The van der Waals surface area contributed by atoms with E-state index in [0.29, 0.717) is 39.4 Å². The molecule has 6 aromatic rings. The highest BCUT2D eigenvalue weighted by Gasteiger charge is 2.44. The summed E-state index contributed by atoms with van der Waals surface area (Å²) >= 11 is 0. The molecule has 0 spiro atoms. The number of nitrogens with zero attached hydrogens (tertiary/aromatic N) is 2. The van der Waals surface area contributed by atoms with Gasteiger partial charge in [-0.3, -0.25) is 95.9 Å². The lowest BCUT2D eigenvalue weighted by molar-refractivity contribution is -0.147. The number of imidazole rings is 1. The number of benzene rings is 3. The average Bonchev–Trinajstić information content (AvgIpc) is 1.71. The van der Waals surface area contributed by atoms with Crippen LogP contribution < -0.4 is 103 Å². The molecule has 0 aliphatic carbocycles. The van der Waals surface area contributed by atoms with Crippen LogP contribution in [0.3, 0.4) is 0 Å². The van der Waals surface area contributed by atoms with Gasteiger partial charge in [-0.1, -0.05) is 82.6 Å². The molecule has 16 amide bonds. The number of carboxylic acid groups (broad SMARTS) is 5. The van der Waals surface area contributed by atoms with Gasteiger partial charge in [0, 0.05) is 78.3 Å². The third-order valence-electron chi connectivity index (χ3n) is 24.4. The van der Waals surface area contributed by atoms with Crippen molar-refractivity contribution in [2.75, 3.05) is 32.8 Å². The lowest BCUT2D eigenvalue weighted by Gasteiger charge is -2.31. The van der Waals surface area contributed by atoms with Crippen LogP contribution in [-0.2, 0) is 126 Å². The Labute approximate surface area is 842 Å². The second-order valence-corrected chi connectivity index (χ2v) is 36.3. The number of aromatic hydroxyl groups is 1. The van der Waals surface area contributed by atoms with E-state index in [0.717, 1.165) is 4.90 Å². The second-order valence-electron chi connectivity index (χ2n) is 36.3. The molecule has 0 bridgehead atoms. The number of para-hydroxylation sites is 2. The molecule has 1 fully saturated rings. The summed E-state index contributed by atoms with van der Waals surface area (Å²) in [6, 6.07) is -9.24. The minimum atomic E-state index is -2.22. The Hall–Kier alpha value is -15.6. The van der Waals surface area contributed by atoms with Crippen molar-refractivity contribution in [2.24, 2.45) is 40.5 Å². The van der Waals surface area contributed by atoms with Gasteiger partial charge < -0.3 is 159 Å². The maximum Gasteiger partial charge on any atom is 0.326 e. The first-order valence-corrected chi connectivity index (χ1v) is 48.1. The Balaban J connectivity index is 1.12. The highest BCUT2D eigenvalue weighted by atomic mass is 16.4. The van der Waals surface area contributed by atoms with Gasteiger partial charge >= 0.3 is 29.8 Å². The molecule has 17 atom stereocenters. The normalized spacial score (nSPS) is 15.6. The summed E-state index contributed by atoms with van der Waals surface area (Å²) in [6.07, 6.45) is -0.903. The van der Waals surface area contributed by atoms with E-state index < -0.39 is 285 Å². The Bertz CT molecular complexity index is 5580. The molecule has 0 radical (unpaired) electrons. The third kappa shape index (κ3) is 37.8. The van der Waals surface area contributed by atoms with Gasteiger partial charge in [0.05, 0.1) is 51.1 Å². The number of hydrogen-bond acceptors (Lipinski definition) is 28. The number of carbonyl (C=O) groups is 21. The number of aliphatic hydroxyl groups excluding tert-OH is 1. The number of phenols is 1. The van der Waals surface area contributed by atoms with Crippen LogP contribution in [0.1, 0.15) is 166 Å².